The molecule has 3 aromatic rings. The number of rotatable bonds is 4. The Bertz CT molecular complexity index is 960. The van der Waals surface area contributed by atoms with Gasteiger partial charge in [0.05, 0.1) is 7.05 Å². The summed E-state index contributed by atoms with van der Waals surface area (Å²) in [5.41, 5.74) is 11.3. The molecule has 25 heavy (non-hydrogen) atoms. The second-order valence-corrected chi connectivity index (χ2v) is 6.73. The molecule has 0 aliphatic heterocycles. The Morgan fingerprint density at radius 3 is 2.60 bits per heavy atom. The number of nitrogens with zero attached hydrogens (tertiary/aromatic N) is 2. The first-order chi connectivity index (χ1) is 11.9. The summed E-state index contributed by atoms with van der Waals surface area (Å²) >= 11 is 5.97. The second kappa shape index (κ2) is 6.73. The first kappa shape index (κ1) is 17.2. The van der Waals surface area contributed by atoms with Crippen molar-refractivity contribution in [3.63, 3.8) is 0 Å². The number of Topliss-reactive ketones (excluding diaryl/α,β-unsaturated/α-hetero) is 1. The smallest absolute Gasteiger partial charge is 0.291 e. The Morgan fingerprint density at radius 2 is 1.92 bits per heavy atom. The quantitative estimate of drug-likeness (QED) is 0.573. The lowest BCUT2D eigenvalue weighted by Crippen LogP contribution is -2.39. The van der Waals surface area contributed by atoms with Gasteiger partial charge in [0.15, 0.2) is 5.78 Å². The molecule has 4 nitrogen and oxygen atoms in total. The van der Waals surface area contributed by atoms with Crippen molar-refractivity contribution in [3.8, 4) is 11.3 Å². The predicted molar refractivity (Wildman–Crippen MR) is 101 cm³/mol. The van der Waals surface area contributed by atoms with E-state index in [1.807, 2.05) is 17.8 Å². The number of aromatic nitrogens is 2. The normalized spacial score (nSPS) is 10.9. The predicted octanol–water partition coefficient (Wildman–Crippen LogP) is 3.71. The van der Waals surface area contributed by atoms with Gasteiger partial charge in [-0.3, -0.25) is 10.5 Å². The van der Waals surface area contributed by atoms with Crippen molar-refractivity contribution in [1.29, 1.82) is 0 Å². The lowest BCUT2D eigenvalue weighted by Gasteiger charge is -2.03. The van der Waals surface area contributed by atoms with Crippen LogP contribution in [0.25, 0.3) is 11.3 Å². The molecule has 0 atom stereocenters. The maximum atomic E-state index is 12.5. The molecule has 2 N–H and O–H groups in total. The minimum absolute atomic E-state index is 0.0311. The molecule has 0 unspecified atom stereocenters. The number of hydrogen-bond acceptors (Lipinski definition) is 2. The van der Waals surface area contributed by atoms with E-state index < -0.39 is 0 Å². The summed E-state index contributed by atoms with van der Waals surface area (Å²) in [6, 6.07) is 13.3. The molecule has 0 bridgehead atoms. The van der Waals surface area contributed by atoms with Crippen LogP contribution in [0, 0.1) is 13.8 Å². The number of anilines is 1. The van der Waals surface area contributed by atoms with Crippen LogP contribution in [0.2, 0.25) is 5.02 Å². The van der Waals surface area contributed by atoms with Crippen molar-refractivity contribution >= 4 is 23.3 Å². The summed E-state index contributed by atoms with van der Waals surface area (Å²) in [6.07, 6.45) is 1.92. The molecule has 0 saturated heterocycles. The van der Waals surface area contributed by atoms with Gasteiger partial charge in [0.25, 0.3) is 0 Å². The molecule has 1 aromatic heterocycles. The summed E-state index contributed by atoms with van der Waals surface area (Å²) in [7, 11) is 1.90. The van der Waals surface area contributed by atoms with Gasteiger partial charge in [-0.2, -0.15) is 0 Å². The van der Waals surface area contributed by atoms with E-state index >= 15 is 0 Å². The maximum absolute atomic E-state index is 12.5. The van der Waals surface area contributed by atoms with E-state index in [1.54, 1.807) is 28.8 Å². The largest absolute Gasteiger partial charge is 0.355 e. The van der Waals surface area contributed by atoms with Crippen molar-refractivity contribution in [2.45, 2.75) is 20.4 Å². The molecular formula is C20H21ClN3O+. The fourth-order valence-electron chi connectivity index (χ4n) is 2.82. The summed E-state index contributed by atoms with van der Waals surface area (Å²) in [5, 5.41) is 0.549. The molecule has 0 saturated carbocycles. The lowest BCUT2D eigenvalue weighted by molar-refractivity contribution is -0.667. The number of imidazole rings is 1. The van der Waals surface area contributed by atoms with Crippen molar-refractivity contribution in [2.24, 2.45) is 7.05 Å². The highest BCUT2D eigenvalue weighted by atomic mass is 35.5. The third-order valence-electron chi connectivity index (χ3n) is 4.54. The van der Waals surface area contributed by atoms with Gasteiger partial charge in [0.1, 0.15) is 18.4 Å². The molecule has 0 amide bonds. The summed E-state index contributed by atoms with van der Waals surface area (Å²) in [6.45, 7) is 4.34. The zero-order valence-corrected chi connectivity index (χ0v) is 15.3. The van der Waals surface area contributed by atoms with Crippen LogP contribution in [0.15, 0.2) is 48.7 Å². The first-order valence-electron chi connectivity index (χ1n) is 8.08. The molecule has 2 aromatic carbocycles. The summed E-state index contributed by atoms with van der Waals surface area (Å²) in [4.78, 5) is 12.5. The Hall–Kier alpha value is -2.59. The van der Waals surface area contributed by atoms with E-state index in [9.17, 15) is 4.79 Å². The number of carbonyl (C=O) groups is 1. The van der Waals surface area contributed by atoms with Crippen molar-refractivity contribution in [1.82, 2.24) is 4.57 Å². The topological polar surface area (TPSA) is 51.9 Å². The molecule has 0 radical (unpaired) electrons. The van der Waals surface area contributed by atoms with Gasteiger partial charge in [-0.05, 0) is 43.2 Å². The lowest BCUT2D eigenvalue weighted by atomic mass is 10.0. The molecule has 3 rings (SSSR count). The number of hydrogen-bond donors (Lipinski definition) is 1. The fraction of sp³-hybridized carbons (Fsp3) is 0.200. The van der Waals surface area contributed by atoms with Crippen molar-refractivity contribution in [3.05, 3.63) is 70.4 Å². The van der Waals surface area contributed by atoms with Gasteiger partial charge in [-0.15, -0.1) is 0 Å². The Kier molecular flexibility index (Phi) is 4.64. The van der Waals surface area contributed by atoms with Crippen LogP contribution in [-0.4, -0.2) is 10.4 Å². The summed E-state index contributed by atoms with van der Waals surface area (Å²) < 4.78 is 3.67. The van der Waals surface area contributed by atoms with Crippen LogP contribution >= 0.6 is 11.6 Å². The van der Waals surface area contributed by atoms with Crippen LogP contribution in [0.3, 0.4) is 0 Å². The van der Waals surface area contributed by atoms with Crippen molar-refractivity contribution in [2.75, 3.05) is 5.73 Å². The third-order valence-corrected chi connectivity index (χ3v) is 4.78. The average molecular weight is 355 g/mol. The van der Waals surface area contributed by atoms with Gasteiger partial charge in [0.2, 0.25) is 0 Å². The van der Waals surface area contributed by atoms with E-state index in [-0.39, 0.29) is 12.3 Å². The maximum Gasteiger partial charge on any atom is 0.355 e. The number of aryl methyl sites for hydroxylation is 2. The zero-order chi connectivity index (χ0) is 18.1. The number of nitrogen functional groups attached to an aromatic ring is 1. The number of halogens is 1. The van der Waals surface area contributed by atoms with E-state index in [0.717, 1.165) is 11.3 Å². The van der Waals surface area contributed by atoms with Crippen LogP contribution < -0.4 is 10.3 Å². The van der Waals surface area contributed by atoms with E-state index in [1.165, 1.54) is 11.1 Å². The summed E-state index contributed by atoms with van der Waals surface area (Å²) in [5.74, 6) is 0.500. The van der Waals surface area contributed by atoms with E-state index in [0.29, 0.717) is 16.5 Å². The Labute approximate surface area is 152 Å². The van der Waals surface area contributed by atoms with Gasteiger partial charge in [0, 0.05) is 16.1 Å². The number of carbonyl (C=O) groups excluding carboxylic acids is 1. The highest BCUT2D eigenvalue weighted by molar-refractivity contribution is 6.30. The molecular weight excluding hydrogens is 334 g/mol. The molecule has 0 spiro atoms. The molecule has 0 fully saturated rings. The molecule has 0 aliphatic rings. The van der Waals surface area contributed by atoms with E-state index in [2.05, 4.69) is 32.0 Å². The third kappa shape index (κ3) is 3.44. The Morgan fingerprint density at radius 1 is 1.16 bits per heavy atom. The monoisotopic (exact) mass is 354 g/mol. The number of benzene rings is 2. The van der Waals surface area contributed by atoms with Crippen LogP contribution in [0.4, 0.5) is 5.95 Å². The van der Waals surface area contributed by atoms with E-state index in [4.69, 9.17) is 17.3 Å². The standard InChI is InChI=1S/C20H20ClN3O/c1-13-7-8-15(9-14(13)2)18-11-24(20(22)23(18)3)12-19(25)16-5-4-6-17(21)10-16/h4-11,22H,12H2,1-3H3/p+1. The fourth-order valence-corrected chi connectivity index (χ4v) is 3.01. The van der Waals surface area contributed by atoms with Gasteiger partial charge < -0.3 is 0 Å². The highest BCUT2D eigenvalue weighted by Gasteiger charge is 2.20. The minimum atomic E-state index is -0.0311. The SMILES string of the molecule is Cc1ccc(-c2c[n+](CC(=O)c3cccc(Cl)c3)c(N)n2C)cc1C. The van der Waals surface area contributed by atoms with Crippen LogP contribution in [-0.2, 0) is 13.6 Å². The zero-order valence-electron chi connectivity index (χ0n) is 14.6. The Balaban J connectivity index is 1.93. The number of ketones is 1. The van der Waals surface area contributed by atoms with Gasteiger partial charge in [-0.25, -0.2) is 9.13 Å². The molecule has 0 aliphatic carbocycles. The molecule has 128 valence electrons. The van der Waals surface area contributed by atoms with Gasteiger partial charge >= 0.3 is 5.95 Å². The number of nitrogens with two attached hydrogens (primary N) is 1. The first-order valence-corrected chi connectivity index (χ1v) is 8.45. The minimum Gasteiger partial charge on any atom is -0.291 e. The van der Waals surface area contributed by atoms with Crippen LogP contribution in [0.5, 0.6) is 0 Å². The molecule has 5 heteroatoms. The van der Waals surface area contributed by atoms with Crippen LogP contribution in [0.1, 0.15) is 21.5 Å². The van der Waals surface area contributed by atoms with Crippen molar-refractivity contribution < 1.29 is 9.36 Å². The molecule has 1 heterocycles. The average Bonchev–Trinajstić information content (AvgIpc) is 2.86. The highest BCUT2D eigenvalue weighted by Crippen LogP contribution is 2.22. The second-order valence-electron chi connectivity index (χ2n) is 6.29. The van der Waals surface area contributed by atoms with Gasteiger partial charge in [-0.1, -0.05) is 35.9 Å².